The van der Waals surface area contributed by atoms with E-state index in [4.69, 9.17) is 12.2 Å². The Bertz CT molecular complexity index is 156. The van der Waals surface area contributed by atoms with Crippen molar-refractivity contribution >= 4 is 23.4 Å². The van der Waals surface area contributed by atoms with Crippen LogP contribution in [0, 0.1) is 0 Å². The molecule has 0 aliphatic carbocycles. The molecule has 0 atom stereocenters. The summed E-state index contributed by atoms with van der Waals surface area (Å²) < 4.78 is 0. The van der Waals surface area contributed by atoms with Gasteiger partial charge in [-0.15, -0.1) is 0 Å². The fourth-order valence-corrected chi connectivity index (χ4v) is 0.566. The van der Waals surface area contributed by atoms with E-state index in [1.54, 1.807) is 6.21 Å². The molecule has 0 aliphatic heterocycles. The van der Waals surface area contributed by atoms with Gasteiger partial charge in [-0.1, -0.05) is 18.3 Å². The molecular formula is C7H11NS. The Hall–Kier alpha value is -0.500. The maximum absolute atomic E-state index is 4.91. The van der Waals surface area contributed by atoms with Gasteiger partial charge in [0.1, 0.15) is 4.99 Å². The SMILES string of the molecule is C/C=N/C(=S)/C(C)=C/C. The highest BCUT2D eigenvalue weighted by Crippen LogP contribution is 1.96. The molecule has 0 aromatic rings. The van der Waals surface area contributed by atoms with Gasteiger partial charge in [0.25, 0.3) is 0 Å². The Labute approximate surface area is 61.5 Å². The third kappa shape index (κ3) is 3.14. The first kappa shape index (κ1) is 8.50. The van der Waals surface area contributed by atoms with Crippen molar-refractivity contribution in [1.29, 1.82) is 0 Å². The first-order valence-corrected chi connectivity index (χ1v) is 3.29. The normalized spacial score (nSPS) is 12.6. The molecular weight excluding hydrogens is 130 g/mol. The van der Waals surface area contributed by atoms with Gasteiger partial charge in [0.05, 0.1) is 0 Å². The molecule has 0 saturated carbocycles. The lowest BCUT2D eigenvalue weighted by molar-refractivity contribution is 1.51. The first-order valence-electron chi connectivity index (χ1n) is 2.88. The fourth-order valence-electron chi connectivity index (χ4n) is 0.343. The zero-order valence-electron chi connectivity index (χ0n) is 6.01. The Morgan fingerprint density at radius 3 is 2.33 bits per heavy atom. The topological polar surface area (TPSA) is 12.4 Å². The van der Waals surface area contributed by atoms with E-state index >= 15 is 0 Å². The van der Waals surface area contributed by atoms with Crippen molar-refractivity contribution in [3.63, 3.8) is 0 Å². The average molecular weight is 141 g/mol. The van der Waals surface area contributed by atoms with Crippen molar-refractivity contribution in [2.45, 2.75) is 20.8 Å². The van der Waals surface area contributed by atoms with E-state index in [1.165, 1.54) is 0 Å². The van der Waals surface area contributed by atoms with Crippen molar-refractivity contribution in [3.8, 4) is 0 Å². The molecule has 0 heterocycles. The Balaban J connectivity index is 4.05. The number of rotatable bonds is 1. The minimum Gasteiger partial charge on any atom is -0.250 e. The minimum absolute atomic E-state index is 0.681. The van der Waals surface area contributed by atoms with E-state index in [0.717, 1.165) is 5.57 Å². The number of hydrogen-bond acceptors (Lipinski definition) is 1. The van der Waals surface area contributed by atoms with Gasteiger partial charge in [-0.05, 0) is 26.3 Å². The first-order chi connectivity index (χ1) is 4.22. The molecule has 9 heavy (non-hydrogen) atoms. The number of aliphatic imine (C=N–C) groups is 1. The van der Waals surface area contributed by atoms with Crippen molar-refractivity contribution in [2.75, 3.05) is 0 Å². The monoisotopic (exact) mass is 141 g/mol. The molecule has 0 saturated heterocycles. The minimum atomic E-state index is 0.681. The highest BCUT2D eigenvalue weighted by molar-refractivity contribution is 7.80. The average Bonchev–Trinajstić information content (AvgIpc) is 1.87. The fraction of sp³-hybridized carbons (Fsp3) is 0.429. The second-order valence-corrected chi connectivity index (χ2v) is 2.05. The van der Waals surface area contributed by atoms with Crippen LogP contribution in [0.2, 0.25) is 0 Å². The quantitative estimate of drug-likeness (QED) is 0.310. The van der Waals surface area contributed by atoms with E-state index in [2.05, 4.69) is 4.99 Å². The highest BCUT2D eigenvalue weighted by atomic mass is 32.1. The van der Waals surface area contributed by atoms with Crippen LogP contribution in [-0.4, -0.2) is 11.2 Å². The lowest BCUT2D eigenvalue weighted by Gasteiger charge is -1.92. The number of nitrogens with zero attached hydrogens (tertiary/aromatic N) is 1. The van der Waals surface area contributed by atoms with Crippen LogP contribution in [0.5, 0.6) is 0 Å². The van der Waals surface area contributed by atoms with Crippen molar-refractivity contribution in [2.24, 2.45) is 4.99 Å². The van der Waals surface area contributed by atoms with Gasteiger partial charge >= 0.3 is 0 Å². The molecule has 0 aromatic carbocycles. The van der Waals surface area contributed by atoms with Crippen LogP contribution >= 0.6 is 12.2 Å². The Morgan fingerprint density at radius 2 is 2.00 bits per heavy atom. The number of thiocarbonyl (C=S) groups is 1. The molecule has 0 amide bonds. The Kier molecular flexibility index (Phi) is 4.14. The second kappa shape index (κ2) is 4.39. The smallest absolute Gasteiger partial charge is 0.128 e. The summed E-state index contributed by atoms with van der Waals surface area (Å²) in [5, 5.41) is 0. The van der Waals surface area contributed by atoms with Crippen LogP contribution in [0.3, 0.4) is 0 Å². The predicted octanol–water partition coefficient (Wildman–Crippen LogP) is 2.37. The summed E-state index contributed by atoms with van der Waals surface area (Å²) in [5.74, 6) is 0. The highest BCUT2D eigenvalue weighted by Gasteiger charge is 1.90. The molecule has 0 aliphatic rings. The van der Waals surface area contributed by atoms with Gasteiger partial charge in [0, 0.05) is 6.21 Å². The van der Waals surface area contributed by atoms with Crippen LogP contribution in [0.15, 0.2) is 16.6 Å². The lowest BCUT2D eigenvalue weighted by atomic mass is 10.3. The van der Waals surface area contributed by atoms with Gasteiger partial charge in [-0.3, -0.25) is 0 Å². The molecule has 2 heteroatoms. The van der Waals surface area contributed by atoms with E-state index in [0.29, 0.717) is 4.99 Å². The molecule has 0 unspecified atom stereocenters. The summed E-state index contributed by atoms with van der Waals surface area (Å²) >= 11 is 4.91. The van der Waals surface area contributed by atoms with Gasteiger partial charge in [0.2, 0.25) is 0 Å². The third-order valence-electron chi connectivity index (χ3n) is 1.02. The summed E-state index contributed by atoms with van der Waals surface area (Å²) in [7, 11) is 0. The van der Waals surface area contributed by atoms with E-state index in [1.807, 2.05) is 26.8 Å². The standard InChI is InChI=1S/C7H11NS/c1-4-6(3)7(9)8-5-2/h4-5H,1-3H3/b6-4+,8-5+. The van der Waals surface area contributed by atoms with Crippen LogP contribution in [0.1, 0.15) is 20.8 Å². The van der Waals surface area contributed by atoms with E-state index in [9.17, 15) is 0 Å². The zero-order chi connectivity index (χ0) is 7.28. The summed E-state index contributed by atoms with van der Waals surface area (Å²) in [6.07, 6.45) is 3.66. The van der Waals surface area contributed by atoms with Gasteiger partial charge < -0.3 is 0 Å². The van der Waals surface area contributed by atoms with Crippen LogP contribution in [-0.2, 0) is 0 Å². The molecule has 50 valence electrons. The molecule has 0 radical (unpaired) electrons. The van der Waals surface area contributed by atoms with Gasteiger partial charge in [-0.2, -0.15) is 0 Å². The van der Waals surface area contributed by atoms with Crippen LogP contribution in [0.4, 0.5) is 0 Å². The summed E-state index contributed by atoms with van der Waals surface area (Å²) in [6, 6.07) is 0. The van der Waals surface area contributed by atoms with Gasteiger partial charge in [0.15, 0.2) is 0 Å². The van der Waals surface area contributed by atoms with Crippen molar-refractivity contribution in [1.82, 2.24) is 0 Å². The zero-order valence-corrected chi connectivity index (χ0v) is 6.83. The van der Waals surface area contributed by atoms with Crippen LogP contribution in [0.25, 0.3) is 0 Å². The lowest BCUT2D eigenvalue weighted by Crippen LogP contribution is -1.89. The molecule has 0 rings (SSSR count). The van der Waals surface area contributed by atoms with Gasteiger partial charge in [-0.25, -0.2) is 4.99 Å². The largest absolute Gasteiger partial charge is 0.250 e. The summed E-state index contributed by atoms with van der Waals surface area (Å²) in [5.41, 5.74) is 1.06. The molecule has 0 spiro atoms. The van der Waals surface area contributed by atoms with Crippen molar-refractivity contribution in [3.05, 3.63) is 11.6 Å². The molecule has 0 N–H and O–H groups in total. The molecule has 0 fully saturated rings. The van der Waals surface area contributed by atoms with E-state index in [-0.39, 0.29) is 0 Å². The predicted molar refractivity (Wildman–Crippen MR) is 46.2 cm³/mol. The maximum Gasteiger partial charge on any atom is 0.128 e. The molecule has 0 aromatic heterocycles. The van der Waals surface area contributed by atoms with E-state index < -0.39 is 0 Å². The second-order valence-electron chi connectivity index (χ2n) is 1.66. The molecule has 0 bridgehead atoms. The third-order valence-corrected chi connectivity index (χ3v) is 1.44. The maximum atomic E-state index is 4.91. The summed E-state index contributed by atoms with van der Waals surface area (Å²) in [4.78, 5) is 4.61. The summed E-state index contributed by atoms with van der Waals surface area (Å²) in [6.45, 7) is 5.76. The number of hydrogen-bond donors (Lipinski definition) is 0. The Morgan fingerprint density at radius 1 is 1.44 bits per heavy atom. The number of allylic oxidation sites excluding steroid dienone is 1. The molecule has 1 nitrogen and oxygen atoms in total. The van der Waals surface area contributed by atoms with Crippen molar-refractivity contribution < 1.29 is 0 Å². The van der Waals surface area contributed by atoms with Crippen LogP contribution < -0.4 is 0 Å².